The molecule has 0 fully saturated rings. The zero-order valence-electron chi connectivity index (χ0n) is 47.4. The van der Waals surface area contributed by atoms with Crippen LogP contribution in [0, 0.1) is 0 Å². The van der Waals surface area contributed by atoms with Crippen molar-refractivity contribution in [3.8, 4) is 55.6 Å². The van der Waals surface area contributed by atoms with Crippen LogP contribution in [0.3, 0.4) is 0 Å². The van der Waals surface area contributed by atoms with E-state index in [0.717, 1.165) is 34.1 Å². The number of nitrogens with zero attached hydrogens (tertiary/aromatic N) is 2. The molecule has 85 heavy (non-hydrogen) atoms. The Morgan fingerprint density at radius 2 is 0.565 bits per heavy atom. The highest BCUT2D eigenvalue weighted by atomic mass is 15.2. The van der Waals surface area contributed by atoms with Gasteiger partial charge in [0.25, 0.3) is 0 Å². The highest BCUT2D eigenvalue weighted by Gasteiger charge is 2.53. The molecule has 0 bridgehead atoms. The van der Waals surface area contributed by atoms with Gasteiger partial charge in [-0.2, -0.15) is 0 Å². The van der Waals surface area contributed by atoms with Gasteiger partial charge in [0.1, 0.15) is 0 Å². The van der Waals surface area contributed by atoms with Gasteiger partial charge in [-0.15, -0.1) is 0 Å². The Labute approximate surface area is 497 Å². The number of fused-ring (bicyclic) bond motifs is 16. The average molecular weight is 1080 g/mol. The van der Waals surface area contributed by atoms with Crippen LogP contribution in [0.2, 0.25) is 0 Å². The molecule has 0 amide bonds. The fourth-order valence-corrected chi connectivity index (χ4v) is 15.8. The largest absolute Gasteiger partial charge is 0.310 e. The summed E-state index contributed by atoms with van der Waals surface area (Å²) in [5.74, 6) is 0. The topological polar surface area (TPSA) is 6.48 Å². The summed E-state index contributed by atoms with van der Waals surface area (Å²) in [5, 5.41) is 0. The number of rotatable bonds is 9. The summed E-state index contributed by atoms with van der Waals surface area (Å²) in [7, 11) is 0. The number of anilines is 6. The second kappa shape index (κ2) is 18.7. The van der Waals surface area contributed by atoms with E-state index < -0.39 is 10.8 Å². The molecule has 17 rings (SSSR count). The van der Waals surface area contributed by atoms with Crippen LogP contribution >= 0.6 is 0 Å². The molecule has 0 heterocycles. The highest BCUT2D eigenvalue weighted by Crippen LogP contribution is 2.65. The first kappa shape index (κ1) is 49.1. The first-order chi connectivity index (χ1) is 41.9. The fourth-order valence-electron chi connectivity index (χ4n) is 15.8. The number of benzene rings is 13. The molecule has 0 aliphatic heterocycles. The summed E-state index contributed by atoms with van der Waals surface area (Å²) in [5.41, 5.74) is 30.8. The molecular weight excluding hydrogens is 1020 g/mol. The van der Waals surface area contributed by atoms with E-state index in [1.807, 2.05) is 0 Å². The Morgan fingerprint density at radius 1 is 0.212 bits per heavy atom. The maximum absolute atomic E-state index is 2.54. The molecule has 0 saturated carbocycles. The molecule has 4 aliphatic carbocycles. The van der Waals surface area contributed by atoms with Gasteiger partial charge in [0.05, 0.1) is 16.5 Å². The van der Waals surface area contributed by atoms with Gasteiger partial charge in [-0.1, -0.05) is 263 Å². The van der Waals surface area contributed by atoms with Crippen molar-refractivity contribution in [2.75, 3.05) is 9.80 Å². The molecule has 0 saturated heterocycles. The molecule has 0 radical (unpaired) electrons. The predicted octanol–water partition coefficient (Wildman–Crippen LogP) is 21.3. The van der Waals surface area contributed by atoms with Crippen molar-refractivity contribution in [3.05, 3.63) is 371 Å². The van der Waals surface area contributed by atoms with Crippen LogP contribution < -0.4 is 9.80 Å². The normalized spacial score (nSPS) is 15.4. The summed E-state index contributed by atoms with van der Waals surface area (Å²) in [4.78, 5) is 5.02. The van der Waals surface area contributed by atoms with E-state index in [4.69, 9.17) is 0 Å². The lowest BCUT2D eigenvalue weighted by atomic mass is 9.68. The summed E-state index contributed by atoms with van der Waals surface area (Å²) in [6, 6.07) is 118. The van der Waals surface area contributed by atoms with Gasteiger partial charge in [-0.05, 0) is 172 Å². The predicted molar refractivity (Wildman–Crippen MR) is 352 cm³/mol. The molecule has 0 N–H and O–H groups in total. The lowest BCUT2D eigenvalue weighted by Crippen LogP contribution is -2.28. The first-order valence-electron chi connectivity index (χ1n) is 29.8. The van der Waals surface area contributed by atoms with Crippen molar-refractivity contribution in [1.82, 2.24) is 0 Å². The van der Waals surface area contributed by atoms with Crippen molar-refractivity contribution in [1.29, 1.82) is 0 Å². The van der Waals surface area contributed by atoms with Crippen molar-refractivity contribution in [2.24, 2.45) is 0 Å². The van der Waals surface area contributed by atoms with E-state index in [1.165, 1.54) is 111 Å². The van der Waals surface area contributed by atoms with E-state index >= 15 is 0 Å². The van der Waals surface area contributed by atoms with Gasteiger partial charge in [0.2, 0.25) is 0 Å². The van der Waals surface area contributed by atoms with Crippen LogP contribution in [0.5, 0.6) is 0 Å². The molecule has 0 aromatic heterocycles. The fraction of sp³-hybridized carbons (Fsp3) is 0.0602. The molecule has 400 valence electrons. The van der Waals surface area contributed by atoms with Gasteiger partial charge in [-0.3, -0.25) is 0 Å². The van der Waals surface area contributed by atoms with E-state index in [0.29, 0.717) is 0 Å². The molecule has 13 aromatic carbocycles. The average Bonchev–Trinajstić information content (AvgIpc) is 1.67. The maximum atomic E-state index is 2.54. The van der Waals surface area contributed by atoms with Gasteiger partial charge in [-0.25, -0.2) is 0 Å². The van der Waals surface area contributed by atoms with Crippen molar-refractivity contribution in [3.63, 3.8) is 0 Å². The Bertz CT molecular complexity index is 4760. The maximum Gasteiger partial charge on any atom is 0.0727 e. The zero-order valence-corrected chi connectivity index (χ0v) is 47.4. The smallest absolute Gasteiger partial charge is 0.0727 e. The molecule has 1 spiro atoms. The molecular formula is C83H58N2. The van der Waals surface area contributed by atoms with Crippen LogP contribution in [0.4, 0.5) is 34.1 Å². The van der Waals surface area contributed by atoms with Gasteiger partial charge in [0.15, 0.2) is 0 Å². The monoisotopic (exact) mass is 1080 g/mol. The molecule has 4 aliphatic rings. The highest BCUT2D eigenvalue weighted by molar-refractivity contribution is 5.99. The van der Waals surface area contributed by atoms with Crippen LogP contribution in [-0.4, -0.2) is 0 Å². The number of para-hydroxylation sites is 2. The zero-order chi connectivity index (χ0) is 56.4. The minimum atomic E-state index is -0.653. The second-order valence-electron chi connectivity index (χ2n) is 23.8. The lowest BCUT2D eigenvalue weighted by Gasteiger charge is -2.34. The third-order valence-corrected chi connectivity index (χ3v) is 19.3. The number of hydrogen-bond donors (Lipinski definition) is 0. The van der Waals surface area contributed by atoms with Crippen LogP contribution in [0.1, 0.15) is 69.5 Å². The lowest BCUT2D eigenvalue weighted by molar-refractivity contribution is 0.660. The SMILES string of the molecule is CC1(C)c2ccccc2-c2ccc(N(c3ccc4c(c3)C3(c5ccccc5-c5ccc(N(c6ccccc6)c6ccc7c(c6)-c6ccccc6C7(c6ccccc6)c6ccccc6)cc53)c3ccccc3-4)c3ccccc3-c3ccccc3)cc21. The summed E-state index contributed by atoms with van der Waals surface area (Å²) in [6.07, 6.45) is 0. The van der Waals surface area contributed by atoms with Crippen LogP contribution in [0.25, 0.3) is 55.6 Å². The summed E-state index contributed by atoms with van der Waals surface area (Å²) < 4.78 is 0. The molecule has 13 aromatic rings. The van der Waals surface area contributed by atoms with Crippen molar-refractivity contribution >= 4 is 34.1 Å². The Morgan fingerprint density at radius 3 is 1.12 bits per heavy atom. The third-order valence-electron chi connectivity index (χ3n) is 19.3. The Hall–Kier alpha value is -10.5. The number of hydrogen-bond acceptors (Lipinski definition) is 2. The van der Waals surface area contributed by atoms with Crippen molar-refractivity contribution in [2.45, 2.75) is 30.1 Å². The third kappa shape index (κ3) is 6.94. The van der Waals surface area contributed by atoms with Crippen LogP contribution in [0.15, 0.2) is 315 Å². The van der Waals surface area contributed by atoms with Crippen LogP contribution in [-0.2, 0) is 16.2 Å². The van der Waals surface area contributed by atoms with Gasteiger partial charge < -0.3 is 9.80 Å². The minimum Gasteiger partial charge on any atom is -0.310 e. The minimum absolute atomic E-state index is 0.183. The van der Waals surface area contributed by atoms with E-state index in [1.54, 1.807) is 0 Å². The van der Waals surface area contributed by atoms with Gasteiger partial charge in [0, 0.05) is 39.4 Å². The molecule has 1 unspecified atom stereocenters. The molecule has 1 atom stereocenters. The Balaban J connectivity index is 0.886. The molecule has 2 heteroatoms. The molecule has 2 nitrogen and oxygen atoms in total. The van der Waals surface area contributed by atoms with Gasteiger partial charge >= 0.3 is 0 Å². The summed E-state index contributed by atoms with van der Waals surface area (Å²) >= 11 is 0. The van der Waals surface area contributed by atoms with Crippen molar-refractivity contribution < 1.29 is 0 Å². The summed E-state index contributed by atoms with van der Waals surface area (Å²) in [6.45, 7) is 4.77. The van der Waals surface area contributed by atoms with E-state index in [9.17, 15) is 0 Å². The van der Waals surface area contributed by atoms with E-state index in [-0.39, 0.29) is 5.41 Å². The standard InChI is InChI=1S/C83H58N2/c1-81(2)72-38-20-15-34-64(72)68-47-44-61(52-77(68)81)85(80-42-24-19-33-63(80)55-25-7-3-8-26-55)62-45-49-70-66-36-17-23-41-75(66)83(79(70)54-62)74-40-22-16-35-65(74)69-48-43-60(53-78(69)83)84(58-31-13-6-14-32-58)59-46-50-76-71(51-59)67-37-18-21-39-73(67)82(76,56-27-9-4-10-28-56)57-29-11-5-12-30-57/h3-54H,1-2H3. The quantitative estimate of drug-likeness (QED) is 0.142. The Kier molecular flexibility index (Phi) is 10.8. The second-order valence-corrected chi connectivity index (χ2v) is 23.8. The van der Waals surface area contributed by atoms with E-state index in [2.05, 4.69) is 339 Å². The first-order valence-corrected chi connectivity index (χ1v) is 29.8.